The molecule has 1 fully saturated rings. The Morgan fingerprint density at radius 2 is 1.56 bits per heavy atom. The highest BCUT2D eigenvalue weighted by Crippen LogP contribution is 2.21. The van der Waals surface area contributed by atoms with Crippen molar-refractivity contribution in [2.75, 3.05) is 6.54 Å². The number of benzene rings is 1. The molecule has 0 aromatic heterocycles. The molecule has 10 nitrogen and oxygen atoms in total. The van der Waals surface area contributed by atoms with E-state index in [0.29, 0.717) is 37.8 Å². The predicted octanol–water partition coefficient (Wildman–Crippen LogP) is 1.40. The minimum Gasteiger partial charge on any atom is -0.508 e. The van der Waals surface area contributed by atoms with Crippen LogP contribution in [-0.2, 0) is 25.6 Å². The second kappa shape index (κ2) is 13.2. The average molecular weight is 505 g/mol. The molecule has 36 heavy (non-hydrogen) atoms. The lowest BCUT2D eigenvalue weighted by Gasteiger charge is -2.30. The van der Waals surface area contributed by atoms with Crippen molar-refractivity contribution in [2.24, 2.45) is 17.6 Å². The summed E-state index contributed by atoms with van der Waals surface area (Å²) >= 11 is 0. The number of likely N-dealkylation sites (tertiary alicyclic amines) is 1. The first kappa shape index (κ1) is 29.1. The van der Waals surface area contributed by atoms with Crippen LogP contribution >= 0.6 is 0 Å². The highest BCUT2D eigenvalue weighted by atomic mass is 16.4. The standard InChI is InChI=1S/C26H40N4O6/c1-15(2)12-19(27)23(32)28-20(14-17-7-9-18(31)10-8-17)24(33)29-21(13-16(3)4)25(34)30-11-5-6-22(30)26(35)36/h7-10,15-16,19-22,31H,5-6,11-14,27H2,1-4H3,(H,28,32)(H,29,33)(H,35,36). The van der Waals surface area contributed by atoms with Crippen molar-refractivity contribution < 1.29 is 29.4 Å². The first-order valence-electron chi connectivity index (χ1n) is 12.6. The molecule has 0 saturated carbocycles. The number of nitrogens with one attached hydrogen (secondary N) is 2. The van der Waals surface area contributed by atoms with Gasteiger partial charge in [0.2, 0.25) is 17.7 Å². The molecule has 6 N–H and O–H groups in total. The van der Waals surface area contributed by atoms with Crippen LogP contribution in [0.1, 0.15) is 58.9 Å². The molecule has 0 aliphatic carbocycles. The summed E-state index contributed by atoms with van der Waals surface area (Å²) < 4.78 is 0. The van der Waals surface area contributed by atoms with Gasteiger partial charge in [-0.3, -0.25) is 14.4 Å². The summed E-state index contributed by atoms with van der Waals surface area (Å²) in [6.07, 6.45) is 1.84. The molecule has 0 spiro atoms. The van der Waals surface area contributed by atoms with Crippen LogP contribution in [0.25, 0.3) is 0 Å². The fourth-order valence-electron chi connectivity index (χ4n) is 4.42. The van der Waals surface area contributed by atoms with Gasteiger partial charge in [0.25, 0.3) is 0 Å². The number of amides is 3. The van der Waals surface area contributed by atoms with Gasteiger partial charge in [-0.1, -0.05) is 39.8 Å². The monoisotopic (exact) mass is 504 g/mol. The fraction of sp³-hybridized carbons (Fsp3) is 0.615. The summed E-state index contributed by atoms with van der Waals surface area (Å²) in [6.45, 7) is 8.02. The summed E-state index contributed by atoms with van der Waals surface area (Å²) in [5.74, 6) is -2.22. The smallest absolute Gasteiger partial charge is 0.326 e. The lowest BCUT2D eigenvalue weighted by Crippen LogP contribution is -2.58. The molecule has 2 rings (SSSR count). The van der Waals surface area contributed by atoms with Gasteiger partial charge in [0, 0.05) is 13.0 Å². The zero-order valence-corrected chi connectivity index (χ0v) is 21.6. The van der Waals surface area contributed by atoms with Gasteiger partial charge in [0.15, 0.2) is 0 Å². The Bertz CT molecular complexity index is 918. The SMILES string of the molecule is CC(C)CC(N)C(=O)NC(Cc1ccc(O)cc1)C(=O)NC(CC(C)C)C(=O)N1CCCC1C(=O)O. The van der Waals surface area contributed by atoms with Gasteiger partial charge in [-0.05, 0) is 55.2 Å². The van der Waals surface area contributed by atoms with Crippen LogP contribution in [0.15, 0.2) is 24.3 Å². The van der Waals surface area contributed by atoms with Crippen LogP contribution in [0.5, 0.6) is 5.75 Å². The highest BCUT2D eigenvalue weighted by Gasteiger charge is 2.38. The van der Waals surface area contributed by atoms with Crippen LogP contribution in [0, 0.1) is 11.8 Å². The molecule has 1 saturated heterocycles. The normalized spacial score (nSPS) is 18.1. The van der Waals surface area contributed by atoms with Gasteiger partial charge in [-0.15, -0.1) is 0 Å². The van der Waals surface area contributed by atoms with Gasteiger partial charge in [-0.2, -0.15) is 0 Å². The number of phenolic OH excluding ortho intramolecular Hbond substituents is 1. The molecule has 200 valence electrons. The molecule has 4 atom stereocenters. The quantitative estimate of drug-likeness (QED) is 0.287. The minimum absolute atomic E-state index is 0.0507. The summed E-state index contributed by atoms with van der Waals surface area (Å²) in [5, 5.41) is 24.6. The number of phenols is 1. The van der Waals surface area contributed by atoms with Gasteiger partial charge < -0.3 is 31.5 Å². The Kier molecular flexibility index (Phi) is 10.7. The van der Waals surface area contributed by atoms with E-state index in [0.717, 1.165) is 0 Å². The van der Waals surface area contributed by atoms with Gasteiger partial charge >= 0.3 is 5.97 Å². The van der Waals surface area contributed by atoms with E-state index in [1.54, 1.807) is 12.1 Å². The summed E-state index contributed by atoms with van der Waals surface area (Å²) in [6, 6.07) is 2.61. The van der Waals surface area contributed by atoms with Crippen LogP contribution in [0.4, 0.5) is 0 Å². The van der Waals surface area contributed by atoms with Crippen molar-refractivity contribution in [2.45, 2.75) is 84.0 Å². The van der Waals surface area contributed by atoms with E-state index in [9.17, 15) is 29.4 Å². The molecular formula is C26H40N4O6. The van der Waals surface area contributed by atoms with Crippen molar-refractivity contribution >= 4 is 23.7 Å². The van der Waals surface area contributed by atoms with E-state index in [2.05, 4.69) is 10.6 Å². The topological polar surface area (TPSA) is 162 Å². The van der Waals surface area contributed by atoms with E-state index >= 15 is 0 Å². The molecule has 1 aliphatic heterocycles. The first-order chi connectivity index (χ1) is 16.9. The second-order valence-electron chi connectivity index (χ2n) is 10.4. The molecule has 0 radical (unpaired) electrons. The van der Waals surface area contributed by atoms with Crippen LogP contribution in [-0.4, -0.2) is 69.5 Å². The van der Waals surface area contributed by atoms with Gasteiger partial charge in [0.1, 0.15) is 23.9 Å². The maximum Gasteiger partial charge on any atom is 0.326 e. The van der Waals surface area contributed by atoms with Crippen molar-refractivity contribution in [1.82, 2.24) is 15.5 Å². The van der Waals surface area contributed by atoms with Crippen LogP contribution in [0.2, 0.25) is 0 Å². The largest absolute Gasteiger partial charge is 0.508 e. The second-order valence-corrected chi connectivity index (χ2v) is 10.4. The average Bonchev–Trinajstić information content (AvgIpc) is 3.28. The molecule has 1 aliphatic rings. The Labute approximate surface area is 212 Å². The molecular weight excluding hydrogens is 464 g/mol. The summed E-state index contributed by atoms with van der Waals surface area (Å²) in [5.41, 5.74) is 6.73. The predicted molar refractivity (Wildman–Crippen MR) is 135 cm³/mol. The Morgan fingerprint density at radius 3 is 2.11 bits per heavy atom. The van der Waals surface area contributed by atoms with Crippen molar-refractivity contribution in [3.8, 4) is 5.75 Å². The maximum atomic E-state index is 13.4. The van der Waals surface area contributed by atoms with Crippen molar-refractivity contribution in [3.63, 3.8) is 0 Å². The van der Waals surface area contributed by atoms with E-state index < -0.39 is 47.9 Å². The zero-order chi connectivity index (χ0) is 27.0. The molecule has 3 amide bonds. The number of carboxylic acids is 1. The van der Waals surface area contributed by atoms with Gasteiger partial charge in [0.05, 0.1) is 6.04 Å². The Balaban J connectivity index is 2.25. The van der Waals surface area contributed by atoms with Crippen molar-refractivity contribution in [3.05, 3.63) is 29.8 Å². The summed E-state index contributed by atoms with van der Waals surface area (Å²) in [4.78, 5) is 52.4. The molecule has 1 heterocycles. The molecule has 10 heteroatoms. The van der Waals surface area contributed by atoms with E-state index in [4.69, 9.17) is 5.73 Å². The summed E-state index contributed by atoms with van der Waals surface area (Å²) in [7, 11) is 0. The Morgan fingerprint density at radius 1 is 0.972 bits per heavy atom. The van der Waals surface area contributed by atoms with Crippen LogP contribution < -0.4 is 16.4 Å². The van der Waals surface area contributed by atoms with Crippen molar-refractivity contribution in [1.29, 1.82) is 0 Å². The lowest BCUT2D eigenvalue weighted by atomic mass is 9.99. The third-order valence-electron chi connectivity index (χ3n) is 6.21. The maximum absolute atomic E-state index is 13.4. The molecule has 1 aromatic carbocycles. The van der Waals surface area contributed by atoms with E-state index in [1.165, 1.54) is 17.0 Å². The zero-order valence-electron chi connectivity index (χ0n) is 21.6. The van der Waals surface area contributed by atoms with E-state index in [1.807, 2.05) is 27.7 Å². The number of hydrogen-bond acceptors (Lipinski definition) is 6. The number of hydrogen-bond donors (Lipinski definition) is 5. The molecule has 1 aromatic rings. The van der Waals surface area contributed by atoms with Crippen LogP contribution in [0.3, 0.4) is 0 Å². The number of carbonyl (C=O) groups is 4. The number of carboxylic acid groups (broad SMARTS) is 1. The lowest BCUT2D eigenvalue weighted by molar-refractivity contribution is -0.149. The number of carbonyl (C=O) groups excluding carboxylic acids is 3. The number of nitrogens with two attached hydrogens (primary N) is 1. The Hall–Kier alpha value is -3.14. The fourth-order valence-corrected chi connectivity index (χ4v) is 4.42. The molecule has 4 unspecified atom stereocenters. The highest BCUT2D eigenvalue weighted by molar-refractivity contribution is 5.94. The molecule has 0 bridgehead atoms. The minimum atomic E-state index is -1.06. The third kappa shape index (κ3) is 8.51. The number of aromatic hydroxyl groups is 1. The number of rotatable bonds is 12. The van der Waals surface area contributed by atoms with Gasteiger partial charge in [-0.25, -0.2) is 4.79 Å². The first-order valence-corrected chi connectivity index (χ1v) is 12.6. The van der Waals surface area contributed by atoms with E-state index in [-0.39, 0.29) is 24.0 Å². The number of nitrogens with zero attached hydrogens (tertiary/aromatic N) is 1. The third-order valence-corrected chi connectivity index (χ3v) is 6.21. The number of aliphatic carboxylic acids is 1.